The molecule has 0 radical (unpaired) electrons. The lowest BCUT2D eigenvalue weighted by Gasteiger charge is -2.37. The largest absolute Gasteiger partial charge is 0.224 e. The summed E-state index contributed by atoms with van der Waals surface area (Å²) in [6.45, 7) is 4.30. The van der Waals surface area contributed by atoms with Gasteiger partial charge in [0.05, 0.1) is 28.1 Å². The molecule has 0 N–H and O–H groups in total. The maximum Gasteiger partial charge on any atom is 0.224 e. The summed E-state index contributed by atoms with van der Waals surface area (Å²) in [5.41, 5.74) is 1.65. The van der Waals surface area contributed by atoms with Gasteiger partial charge in [-0.05, 0) is 65.6 Å². The van der Waals surface area contributed by atoms with Crippen LogP contribution in [0.15, 0.2) is 30.3 Å². The minimum atomic E-state index is -0.661. The second-order valence-corrected chi connectivity index (χ2v) is 8.92. The van der Waals surface area contributed by atoms with Gasteiger partial charge in [-0.1, -0.05) is 31.5 Å². The van der Waals surface area contributed by atoms with Gasteiger partial charge in [-0.2, -0.15) is 5.10 Å². The van der Waals surface area contributed by atoms with Gasteiger partial charge in [0.1, 0.15) is 16.8 Å². The van der Waals surface area contributed by atoms with Crippen molar-refractivity contribution >= 4 is 23.2 Å². The summed E-state index contributed by atoms with van der Waals surface area (Å²) in [6.07, 6.45) is 1.70. The quantitative estimate of drug-likeness (QED) is 0.383. The molecule has 2 atom stereocenters. The second kappa shape index (κ2) is 6.16. The predicted molar refractivity (Wildman–Crippen MR) is 106 cm³/mol. The Kier molecular flexibility index (Phi) is 4.00. The number of hydrogen-bond acceptors (Lipinski definition) is 4. The smallest absolute Gasteiger partial charge is 0.222 e. The first-order valence-corrected chi connectivity index (χ1v) is 10.0. The van der Waals surface area contributed by atoms with Gasteiger partial charge in [0.2, 0.25) is 5.28 Å². The zero-order chi connectivity index (χ0) is 20.6. The van der Waals surface area contributed by atoms with Crippen molar-refractivity contribution in [3.8, 4) is 11.3 Å². The molecule has 1 saturated carbocycles. The van der Waals surface area contributed by atoms with E-state index >= 15 is 0 Å². The van der Waals surface area contributed by atoms with E-state index in [0.717, 1.165) is 24.1 Å². The fourth-order valence-corrected chi connectivity index (χ4v) is 5.77. The van der Waals surface area contributed by atoms with E-state index in [1.807, 2.05) is 0 Å². The lowest BCUT2D eigenvalue weighted by Crippen LogP contribution is -2.38. The summed E-state index contributed by atoms with van der Waals surface area (Å²) in [5, 5.41) is 9.02. The van der Waals surface area contributed by atoms with Crippen LogP contribution in [-0.2, 0) is 5.41 Å². The Morgan fingerprint density at radius 3 is 2.45 bits per heavy atom. The summed E-state index contributed by atoms with van der Waals surface area (Å²) >= 11 is 12.3. The standard InChI is InChI=1S/C21H16Cl2F2N4/c1-20(2)11-6-7-21(20,15-9-16(22)27-19(23)26-15)18-10(11)8-14(28-29-18)17-12(24)4-3-5-13(17)25/h3-5,8-9,11H,6-7H2,1-2H3/t11-,21+/m0/s1. The third-order valence-corrected chi connectivity index (χ3v) is 7.07. The zero-order valence-electron chi connectivity index (χ0n) is 15.7. The SMILES string of the molecule is CC1(C)[C@H]2CC[C@@]1(c1cc(Cl)nc(Cl)n1)c1nnc(-c3c(F)cccc3F)cc12. The first kappa shape index (κ1) is 18.8. The molecule has 4 nitrogen and oxygen atoms in total. The molecule has 148 valence electrons. The third kappa shape index (κ3) is 2.42. The van der Waals surface area contributed by atoms with Gasteiger partial charge < -0.3 is 0 Å². The van der Waals surface area contributed by atoms with Crippen molar-refractivity contribution in [2.24, 2.45) is 5.41 Å². The van der Waals surface area contributed by atoms with Gasteiger partial charge in [0.25, 0.3) is 0 Å². The number of benzene rings is 1. The highest BCUT2D eigenvalue weighted by Crippen LogP contribution is 2.69. The average molecular weight is 433 g/mol. The molecule has 2 aliphatic rings. The Bertz CT molecular complexity index is 1130. The lowest BCUT2D eigenvalue weighted by molar-refractivity contribution is 0.242. The summed E-state index contributed by atoms with van der Waals surface area (Å²) in [6, 6.07) is 7.25. The van der Waals surface area contributed by atoms with Crippen molar-refractivity contribution in [3.63, 3.8) is 0 Å². The Morgan fingerprint density at radius 2 is 1.76 bits per heavy atom. The number of hydrogen-bond donors (Lipinski definition) is 0. The summed E-state index contributed by atoms with van der Waals surface area (Å²) < 4.78 is 28.6. The van der Waals surface area contributed by atoms with Gasteiger partial charge >= 0.3 is 0 Å². The molecular formula is C21H16Cl2F2N4. The molecule has 2 aliphatic carbocycles. The van der Waals surface area contributed by atoms with Crippen LogP contribution in [0.1, 0.15) is 49.6 Å². The highest BCUT2D eigenvalue weighted by Gasteiger charge is 2.65. The summed E-state index contributed by atoms with van der Waals surface area (Å²) in [7, 11) is 0. The minimum absolute atomic E-state index is 0.0765. The van der Waals surface area contributed by atoms with Crippen LogP contribution in [0.25, 0.3) is 11.3 Å². The lowest BCUT2D eigenvalue weighted by atomic mass is 9.66. The first-order chi connectivity index (χ1) is 13.8. The molecule has 1 aromatic carbocycles. The highest BCUT2D eigenvalue weighted by atomic mass is 35.5. The highest BCUT2D eigenvalue weighted by molar-refractivity contribution is 6.31. The maximum atomic E-state index is 14.3. The van der Waals surface area contributed by atoms with E-state index in [9.17, 15) is 8.78 Å². The molecule has 0 amide bonds. The normalized spacial score (nSPS) is 24.0. The number of rotatable bonds is 2. The molecule has 5 rings (SSSR count). The van der Waals surface area contributed by atoms with Crippen molar-refractivity contribution < 1.29 is 8.78 Å². The van der Waals surface area contributed by atoms with E-state index in [1.54, 1.807) is 12.1 Å². The van der Waals surface area contributed by atoms with Crippen molar-refractivity contribution in [1.29, 1.82) is 0 Å². The maximum absolute atomic E-state index is 14.3. The second-order valence-electron chi connectivity index (χ2n) is 8.19. The van der Waals surface area contributed by atoms with E-state index in [2.05, 4.69) is 34.0 Å². The van der Waals surface area contributed by atoms with Gasteiger partial charge in [-0.3, -0.25) is 0 Å². The van der Waals surface area contributed by atoms with Crippen molar-refractivity contribution in [2.75, 3.05) is 0 Å². The molecule has 8 heteroatoms. The van der Waals surface area contributed by atoms with Gasteiger partial charge in [0.15, 0.2) is 0 Å². The molecule has 0 aliphatic heterocycles. The average Bonchev–Trinajstić information content (AvgIpc) is 3.02. The minimum Gasteiger partial charge on any atom is -0.222 e. The van der Waals surface area contributed by atoms with Crippen LogP contribution >= 0.6 is 23.2 Å². The Hall–Kier alpha value is -2.18. The number of halogens is 4. The van der Waals surface area contributed by atoms with Crippen LogP contribution < -0.4 is 0 Å². The Balaban J connectivity index is 1.74. The van der Waals surface area contributed by atoms with Gasteiger partial charge in [0, 0.05) is 0 Å². The molecule has 0 spiro atoms. The Labute approximate surface area is 176 Å². The van der Waals surface area contributed by atoms with E-state index in [1.165, 1.54) is 18.2 Å². The number of fused-ring (bicyclic) bond motifs is 5. The molecule has 2 bridgehead atoms. The van der Waals surface area contributed by atoms with Crippen LogP contribution in [0.5, 0.6) is 0 Å². The molecule has 0 saturated heterocycles. The van der Waals surface area contributed by atoms with Gasteiger partial charge in [-0.15, -0.1) is 5.10 Å². The molecule has 3 aromatic rings. The van der Waals surface area contributed by atoms with Crippen molar-refractivity contribution in [1.82, 2.24) is 20.2 Å². The van der Waals surface area contributed by atoms with Crippen LogP contribution in [0.4, 0.5) is 8.78 Å². The van der Waals surface area contributed by atoms with E-state index in [4.69, 9.17) is 23.2 Å². The van der Waals surface area contributed by atoms with Crippen molar-refractivity contribution in [3.05, 3.63) is 69.4 Å². The monoisotopic (exact) mass is 432 g/mol. The fraction of sp³-hybridized carbons (Fsp3) is 0.333. The third-order valence-electron chi connectivity index (χ3n) is 6.71. The molecule has 0 unspecified atom stereocenters. The van der Waals surface area contributed by atoms with E-state index < -0.39 is 17.0 Å². The fourth-order valence-electron chi connectivity index (χ4n) is 5.37. The molecule has 2 aromatic heterocycles. The molecular weight excluding hydrogens is 417 g/mol. The molecule has 2 heterocycles. The number of nitrogens with zero attached hydrogens (tertiary/aromatic N) is 4. The Morgan fingerprint density at radius 1 is 1.03 bits per heavy atom. The zero-order valence-corrected chi connectivity index (χ0v) is 17.2. The number of aromatic nitrogens is 4. The van der Waals surface area contributed by atoms with E-state index in [-0.39, 0.29) is 33.0 Å². The topological polar surface area (TPSA) is 51.6 Å². The van der Waals surface area contributed by atoms with E-state index in [0.29, 0.717) is 5.69 Å². The van der Waals surface area contributed by atoms with Crippen LogP contribution in [-0.4, -0.2) is 20.2 Å². The molecule has 29 heavy (non-hydrogen) atoms. The van der Waals surface area contributed by atoms with Crippen molar-refractivity contribution in [2.45, 2.75) is 38.0 Å². The van der Waals surface area contributed by atoms with Gasteiger partial charge in [-0.25, -0.2) is 18.7 Å². The molecule has 1 fully saturated rings. The first-order valence-electron chi connectivity index (χ1n) is 9.29. The predicted octanol–water partition coefficient (Wildman–Crippen LogP) is 5.72. The summed E-state index contributed by atoms with van der Waals surface area (Å²) in [4.78, 5) is 8.43. The van der Waals surface area contributed by atoms with Crippen LogP contribution in [0, 0.1) is 17.0 Å². The van der Waals surface area contributed by atoms with Crippen LogP contribution in [0.2, 0.25) is 10.4 Å². The van der Waals surface area contributed by atoms with Crippen LogP contribution in [0.3, 0.4) is 0 Å². The summed E-state index contributed by atoms with van der Waals surface area (Å²) in [5.74, 6) is -1.18.